The largest absolute Gasteiger partial charge is 0.490 e. The first kappa shape index (κ1) is 29.6. The highest BCUT2D eigenvalue weighted by Gasteiger charge is 2.32. The molecule has 0 saturated carbocycles. The third kappa shape index (κ3) is 6.14. The SMILES string of the molecule is C=CCOC1(C)CCN(c2c(CC)c(C)cn3cc(-c4cccc(-c5ccc(F)cc5OC(C)CC=C)c4)nc23)CC1. The van der Waals surface area contributed by atoms with Crippen molar-refractivity contribution in [2.24, 2.45) is 0 Å². The normalized spacial score (nSPS) is 15.5. The standard InChI is InChI=1S/C36H42FN3O2/c1-7-11-26(5)42-33-22-29(37)14-15-31(33)27-12-10-13-28(21-27)32-24-40-23-25(4)30(9-3)34(35(40)38-32)39-18-16-36(6,17-19-39)41-20-8-2/h7-8,10,12-15,21-24,26H,1-2,9,11,16-20H2,3-6H3. The number of imidazole rings is 1. The van der Waals surface area contributed by atoms with Crippen LogP contribution in [-0.4, -0.2) is 40.8 Å². The van der Waals surface area contributed by atoms with Gasteiger partial charge in [-0.2, -0.15) is 0 Å². The second-order valence-corrected chi connectivity index (χ2v) is 11.6. The number of hydrogen-bond donors (Lipinski definition) is 0. The number of pyridine rings is 1. The zero-order valence-corrected chi connectivity index (χ0v) is 25.3. The van der Waals surface area contributed by atoms with Crippen LogP contribution < -0.4 is 9.64 Å². The van der Waals surface area contributed by atoms with Crippen LogP contribution >= 0.6 is 0 Å². The van der Waals surface area contributed by atoms with Crippen molar-refractivity contribution in [1.82, 2.24) is 9.38 Å². The number of aryl methyl sites for hydroxylation is 1. The molecule has 0 amide bonds. The molecule has 6 heteroatoms. The van der Waals surface area contributed by atoms with Crippen molar-refractivity contribution in [2.75, 3.05) is 24.6 Å². The van der Waals surface area contributed by atoms with Crippen LogP contribution in [0.25, 0.3) is 28.0 Å². The molecule has 5 nitrogen and oxygen atoms in total. The number of nitrogens with zero attached hydrogens (tertiary/aromatic N) is 3. The van der Waals surface area contributed by atoms with Gasteiger partial charge in [0.2, 0.25) is 0 Å². The first-order valence-corrected chi connectivity index (χ1v) is 14.9. The topological polar surface area (TPSA) is 39.0 Å². The van der Waals surface area contributed by atoms with Gasteiger partial charge < -0.3 is 18.8 Å². The summed E-state index contributed by atoms with van der Waals surface area (Å²) in [5, 5.41) is 0. The second kappa shape index (κ2) is 12.5. The fraction of sp³-hybridized carbons (Fsp3) is 0.361. The second-order valence-electron chi connectivity index (χ2n) is 11.6. The molecule has 4 aromatic rings. The summed E-state index contributed by atoms with van der Waals surface area (Å²) in [5.74, 6) is 0.201. The van der Waals surface area contributed by atoms with E-state index in [0.717, 1.165) is 60.4 Å². The quantitative estimate of drug-likeness (QED) is 0.170. The zero-order valence-electron chi connectivity index (χ0n) is 25.3. The highest BCUT2D eigenvalue weighted by molar-refractivity contribution is 5.80. The van der Waals surface area contributed by atoms with Gasteiger partial charge in [-0.15, -0.1) is 13.2 Å². The van der Waals surface area contributed by atoms with Gasteiger partial charge in [0.1, 0.15) is 11.6 Å². The molecule has 3 heterocycles. The Hall–Kier alpha value is -3.90. The average molecular weight is 568 g/mol. The minimum atomic E-state index is -0.323. The fourth-order valence-electron chi connectivity index (χ4n) is 5.98. The summed E-state index contributed by atoms with van der Waals surface area (Å²) < 4.78 is 28.6. The van der Waals surface area contributed by atoms with Gasteiger partial charge in [-0.3, -0.25) is 0 Å². The van der Waals surface area contributed by atoms with E-state index in [9.17, 15) is 4.39 Å². The molecular weight excluding hydrogens is 525 g/mol. The Kier molecular flexibility index (Phi) is 8.83. The lowest BCUT2D eigenvalue weighted by atomic mass is 9.92. The molecule has 0 spiro atoms. The minimum absolute atomic E-state index is 0.111. The van der Waals surface area contributed by atoms with E-state index in [0.29, 0.717) is 18.8 Å². The zero-order chi connectivity index (χ0) is 29.9. The van der Waals surface area contributed by atoms with E-state index >= 15 is 0 Å². The van der Waals surface area contributed by atoms with Crippen LogP contribution in [0, 0.1) is 12.7 Å². The van der Waals surface area contributed by atoms with E-state index in [-0.39, 0.29) is 17.5 Å². The van der Waals surface area contributed by atoms with E-state index in [2.05, 4.69) is 67.8 Å². The molecule has 0 radical (unpaired) electrons. The molecule has 0 N–H and O–H groups in total. The van der Waals surface area contributed by atoms with E-state index in [1.807, 2.05) is 31.2 Å². The third-order valence-corrected chi connectivity index (χ3v) is 8.32. The van der Waals surface area contributed by atoms with Crippen LogP contribution in [0.3, 0.4) is 0 Å². The minimum Gasteiger partial charge on any atom is -0.490 e. The Labute approximate surface area is 249 Å². The lowest BCUT2D eigenvalue weighted by molar-refractivity contribution is -0.0334. The number of aromatic nitrogens is 2. The van der Waals surface area contributed by atoms with Gasteiger partial charge in [-0.05, 0) is 74.9 Å². The molecule has 1 aliphatic heterocycles. The first-order valence-electron chi connectivity index (χ1n) is 14.9. The molecule has 0 aliphatic carbocycles. The number of piperidine rings is 1. The summed E-state index contributed by atoms with van der Waals surface area (Å²) in [6.45, 7) is 18.6. The Morgan fingerprint density at radius 1 is 1.07 bits per heavy atom. The van der Waals surface area contributed by atoms with Crippen molar-refractivity contribution in [1.29, 1.82) is 0 Å². The molecule has 42 heavy (non-hydrogen) atoms. The van der Waals surface area contributed by atoms with E-state index in [1.165, 1.54) is 28.9 Å². The number of rotatable bonds is 11. The third-order valence-electron chi connectivity index (χ3n) is 8.32. The van der Waals surface area contributed by atoms with Crippen LogP contribution in [0.5, 0.6) is 5.75 Å². The average Bonchev–Trinajstić information content (AvgIpc) is 3.40. The summed E-state index contributed by atoms with van der Waals surface area (Å²) in [4.78, 5) is 7.70. The van der Waals surface area contributed by atoms with Gasteiger partial charge in [0.15, 0.2) is 5.65 Å². The van der Waals surface area contributed by atoms with Gasteiger partial charge in [-0.25, -0.2) is 9.37 Å². The van der Waals surface area contributed by atoms with Crippen molar-refractivity contribution < 1.29 is 13.9 Å². The monoisotopic (exact) mass is 567 g/mol. The molecule has 220 valence electrons. The number of fused-ring (bicyclic) bond motifs is 1. The smallest absolute Gasteiger partial charge is 0.161 e. The molecule has 1 fully saturated rings. The van der Waals surface area contributed by atoms with Crippen LogP contribution in [0.15, 0.2) is 80.2 Å². The van der Waals surface area contributed by atoms with Crippen molar-refractivity contribution in [2.45, 2.75) is 65.1 Å². The van der Waals surface area contributed by atoms with Gasteiger partial charge >= 0.3 is 0 Å². The molecular formula is C36H42FN3O2. The molecule has 1 aliphatic rings. The Bertz CT molecular complexity index is 1580. The summed E-state index contributed by atoms with van der Waals surface area (Å²) in [6.07, 6.45) is 11.3. The van der Waals surface area contributed by atoms with Crippen LogP contribution in [-0.2, 0) is 11.2 Å². The molecule has 2 aromatic carbocycles. The number of anilines is 1. The lowest BCUT2D eigenvalue weighted by Crippen LogP contribution is -2.44. The Balaban J connectivity index is 1.51. The summed E-state index contributed by atoms with van der Waals surface area (Å²) >= 11 is 0. The van der Waals surface area contributed by atoms with E-state index < -0.39 is 0 Å². The van der Waals surface area contributed by atoms with Crippen LogP contribution in [0.1, 0.15) is 51.2 Å². The number of benzene rings is 2. The van der Waals surface area contributed by atoms with Crippen LogP contribution in [0.2, 0.25) is 0 Å². The maximum Gasteiger partial charge on any atom is 0.161 e. The number of hydrogen-bond acceptors (Lipinski definition) is 4. The number of halogens is 1. The van der Waals surface area contributed by atoms with Crippen molar-refractivity contribution >= 4 is 11.3 Å². The van der Waals surface area contributed by atoms with Gasteiger partial charge in [0, 0.05) is 49.1 Å². The highest BCUT2D eigenvalue weighted by atomic mass is 19.1. The summed E-state index contributed by atoms with van der Waals surface area (Å²) in [6, 6.07) is 13.0. The molecule has 1 saturated heterocycles. The maximum absolute atomic E-state index is 14.2. The molecule has 0 bridgehead atoms. The predicted molar refractivity (Wildman–Crippen MR) is 171 cm³/mol. The molecule has 5 rings (SSSR count). The predicted octanol–water partition coefficient (Wildman–Crippen LogP) is 8.58. The van der Waals surface area contributed by atoms with E-state index in [1.54, 1.807) is 6.07 Å². The first-order chi connectivity index (χ1) is 20.2. The van der Waals surface area contributed by atoms with Gasteiger partial charge in [-0.1, -0.05) is 37.3 Å². The maximum atomic E-state index is 14.2. The van der Waals surface area contributed by atoms with Crippen LogP contribution in [0.4, 0.5) is 10.1 Å². The molecule has 1 unspecified atom stereocenters. The lowest BCUT2D eigenvalue weighted by Gasteiger charge is -2.41. The van der Waals surface area contributed by atoms with Crippen molar-refractivity contribution in [3.05, 3.63) is 97.1 Å². The number of ether oxygens (including phenoxy) is 2. The Morgan fingerprint density at radius 2 is 1.83 bits per heavy atom. The summed E-state index contributed by atoms with van der Waals surface area (Å²) in [7, 11) is 0. The van der Waals surface area contributed by atoms with Crippen molar-refractivity contribution in [3.63, 3.8) is 0 Å². The van der Waals surface area contributed by atoms with Crippen molar-refractivity contribution in [3.8, 4) is 28.1 Å². The summed E-state index contributed by atoms with van der Waals surface area (Å²) in [5.41, 5.74) is 8.34. The highest BCUT2D eigenvalue weighted by Crippen LogP contribution is 2.38. The fourth-order valence-corrected chi connectivity index (χ4v) is 5.98. The Morgan fingerprint density at radius 3 is 2.55 bits per heavy atom. The van der Waals surface area contributed by atoms with E-state index in [4.69, 9.17) is 14.5 Å². The van der Waals surface area contributed by atoms with Gasteiger partial charge in [0.05, 0.1) is 29.7 Å². The molecule has 2 aromatic heterocycles. The van der Waals surface area contributed by atoms with Gasteiger partial charge in [0.25, 0.3) is 0 Å². The molecule has 1 atom stereocenters.